The highest BCUT2D eigenvalue weighted by molar-refractivity contribution is 5.91. The Kier molecular flexibility index (Phi) is 2.14. The zero-order valence-electron chi connectivity index (χ0n) is 11.7. The Morgan fingerprint density at radius 2 is 2.05 bits per heavy atom. The number of aromatic amines is 1. The molecule has 0 bridgehead atoms. The SMILES string of the molecule is O=c1c2ccncc2nc2n1CCc1c-2[nH]c2ccccc12. The summed E-state index contributed by atoms with van der Waals surface area (Å²) in [5.74, 6) is 0.711. The number of benzene rings is 1. The van der Waals surface area contributed by atoms with Crippen LogP contribution in [0.15, 0.2) is 47.5 Å². The summed E-state index contributed by atoms with van der Waals surface area (Å²) in [5, 5.41) is 1.84. The van der Waals surface area contributed by atoms with Gasteiger partial charge in [0.05, 0.1) is 22.8 Å². The Bertz CT molecular complexity index is 1110. The summed E-state index contributed by atoms with van der Waals surface area (Å²) in [5.41, 5.74) is 3.93. The summed E-state index contributed by atoms with van der Waals surface area (Å²) in [4.78, 5) is 24.9. The third-order valence-electron chi connectivity index (χ3n) is 4.38. The molecule has 0 atom stereocenters. The molecule has 1 N–H and O–H groups in total. The molecule has 0 unspecified atom stereocenters. The average Bonchev–Trinajstić information content (AvgIpc) is 2.94. The number of hydrogen-bond donors (Lipinski definition) is 1. The van der Waals surface area contributed by atoms with Crippen LogP contribution in [0.2, 0.25) is 0 Å². The van der Waals surface area contributed by atoms with Crippen LogP contribution in [0.25, 0.3) is 33.3 Å². The minimum atomic E-state index is 0.00621. The lowest BCUT2D eigenvalue weighted by atomic mass is 10.0. The minimum absolute atomic E-state index is 0.00621. The van der Waals surface area contributed by atoms with Gasteiger partial charge in [0, 0.05) is 23.6 Å². The Morgan fingerprint density at radius 3 is 3.00 bits per heavy atom. The normalized spacial score (nSPS) is 13.3. The fourth-order valence-electron chi connectivity index (χ4n) is 3.34. The number of pyridine rings is 1. The number of nitrogens with zero attached hydrogens (tertiary/aromatic N) is 3. The minimum Gasteiger partial charge on any atom is -0.352 e. The third kappa shape index (κ3) is 1.40. The van der Waals surface area contributed by atoms with Crippen LogP contribution in [0.5, 0.6) is 0 Å². The van der Waals surface area contributed by atoms with Crippen LogP contribution in [0.3, 0.4) is 0 Å². The predicted octanol–water partition coefficient (Wildman–Crippen LogP) is 2.50. The summed E-state index contributed by atoms with van der Waals surface area (Å²) in [6.07, 6.45) is 4.12. The molecule has 5 nitrogen and oxygen atoms in total. The summed E-state index contributed by atoms with van der Waals surface area (Å²) in [6.45, 7) is 0.661. The summed E-state index contributed by atoms with van der Waals surface area (Å²) < 4.78 is 1.76. The van der Waals surface area contributed by atoms with Gasteiger partial charge in [-0.3, -0.25) is 14.3 Å². The molecule has 0 saturated carbocycles. The van der Waals surface area contributed by atoms with Gasteiger partial charge in [0.1, 0.15) is 0 Å². The standard InChI is InChI=1S/C17H12N4O/c22-17-12-5-7-18-9-14(12)20-16-15-11(6-8-21(16)17)10-3-1-2-4-13(10)19-15/h1-5,7,9,19H,6,8H2. The molecule has 0 radical (unpaired) electrons. The van der Waals surface area contributed by atoms with Crippen LogP contribution in [-0.4, -0.2) is 19.5 Å². The van der Waals surface area contributed by atoms with Crippen LogP contribution in [0.4, 0.5) is 0 Å². The van der Waals surface area contributed by atoms with Crippen molar-refractivity contribution in [2.45, 2.75) is 13.0 Å². The molecule has 3 aromatic heterocycles. The van der Waals surface area contributed by atoms with Crippen LogP contribution < -0.4 is 5.56 Å². The van der Waals surface area contributed by atoms with Gasteiger partial charge in [0.15, 0.2) is 5.82 Å². The van der Waals surface area contributed by atoms with Gasteiger partial charge in [-0.05, 0) is 24.1 Å². The van der Waals surface area contributed by atoms with Crippen LogP contribution >= 0.6 is 0 Å². The number of aryl methyl sites for hydroxylation is 1. The van der Waals surface area contributed by atoms with E-state index in [2.05, 4.69) is 27.1 Å². The number of nitrogens with one attached hydrogen (secondary N) is 1. The predicted molar refractivity (Wildman–Crippen MR) is 84.8 cm³/mol. The molecule has 0 saturated heterocycles. The lowest BCUT2D eigenvalue weighted by Gasteiger charge is -2.18. The van der Waals surface area contributed by atoms with Crippen molar-refractivity contribution in [3.05, 3.63) is 58.6 Å². The fourth-order valence-corrected chi connectivity index (χ4v) is 3.34. The van der Waals surface area contributed by atoms with Gasteiger partial charge < -0.3 is 4.98 Å². The monoisotopic (exact) mass is 288 g/mol. The molecule has 5 heteroatoms. The van der Waals surface area contributed by atoms with E-state index in [1.54, 1.807) is 23.0 Å². The van der Waals surface area contributed by atoms with Gasteiger partial charge >= 0.3 is 0 Å². The van der Waals surface area contributed by atoms with E-state index in [9.17, 15) is 4.79 Å². The topological polar surface area (TPSA) is 63.6 Å². The van der Waals surface area contributed by atoms with Crippen molar-refractivity contribution >= 4 is 21.8 Å². The number of hydrogen-bond acceptors (Lipinski definition) is 3. The molecular formula is C17H12N4O. The van der Waals surface area contributed by atoms with Crippen molar-refractivity contribution in [2.75, 3.05) is 0 Å². The van der Waals surface area contributed by atoms with E-state index in [1.807, 2.05) is 12.1 Å². The maximum atomic E-state index is 12.7. The Morgan fingerprint density at radius 1 is 1.14 bits per heavy atom. The van der Waals surface area contributed by atoms with Crippen molar-refractivity contribution in [1.82, 2.24) is 19.5 Å². The van der Waals surface area contributed by atoms with Crippen molar-refractivity contribution in [3.8, 4) is 11.5 Å². The highest BCUT2D eigenvalue weighted by Crippen LogP contribution is 2.33. The molecule has 0 fully saturated rings. The maximum absolute atomic E-state index is 12.7. The summed E-state index contributed by atoms with van der Waals surface area (Å²) in [7, 11) is 0. The second kappa shape index (κ2) is 4.04. The van der Waals surface area contributed by atoms with Gasteiger partial charge in [-0.1, -0.05) is 18.2 Å². The van der Waals surface area contributed by atoms with Gasteiger partial charge in [0.2, 0.25) is 0 Å². The first kappa shape index (κ1) is 11.7. The molecule has 1 aliphatic heterocycles. The van der Waals surface area contributed by atoms with Crippen molar-refractivity contribution in [3.63, 3.8) is 0 Å². The van der Waals surface area contributed by atoms with Crippen molar-refractivity contribution in [2.24, 2.45) is 0 Å². The summed E-state index contributed by atoms with van der Waals surface area (Å²) >= 11 is 0. The van der Waals surface area contributed by atoms with Gasteiger partial charge in [-0.2, -0.15) is 0 Å². The molecule has 0 spiro atoms. The Labute approximate surface area is 125 Å². The quantitative estimate of drug-likeness (QED) is 0.540. The van der Waals surface area contributed by atoms with E-state index in [-0.39, 0.29) is 5.56 Å². The molecule has 4 heterocycles. The van der Waals surface area contributed by atoms with E-state index < -0.39 is 0 Å². The van der Waals surface area contributed by atoms with E-state index >= 15 is 0 Å². The van der Waals surface area contributed by atoms with Crippen LogP contribution in [-0.2, 0) is 13.0 Å². The molecule has 22 heavy (non-hydrogen) atoms. The van der Waals surface area contributed by atoms with E-state index in [1.165, 1.54) is 10.9 Å². The summed E-state index contributed by atoms with van der Waals surface area (Å²) in [6, 6.07) is 9.95. The number of para-hydroxylation sites is 1. The van der Waals surface area contributed by atoms with Crippen molar-refractivity contribution < 1.29 is 0 Å². The average molecular weight is 288 g/mol. The number of fused-ring (bicyclic) bond motifs is 6. The highest BCUT2D eigenvalue weighted by atomic mass is 16.1. The second-order valence-corrected chi connectivity index (χ2v) is 5.56. The van der Waals surface area contributed by atoms with E-state index in [4.69, 9.17) is 0 Å². The zero-order chi connectivity index (χ0) is 14.7. The maximum Gasteiger partial charge on any atom is 0.261 e. The smallest absolute Gasteiger partial charge is 0.261 e. The second-order valence-electron chi connectivity index (χ2n) is 5.56. The highest BCUT2D eigenvalue weighted by Gasteiger charge is 2.23. The first-order valence-corrected chi connectivity index (χ1v) is 7.27. The molecule has 1 aromatic carbocycles. The van der Waals surface area contributed by atoms with Gasteiger partial charge in [-0.25, -0.2) is 4.98 Å². The largest absolute Gasteiger partial charge is 0.352 e. The molecule has 106 valence electrons. The van der Waals surface area contributed by atoms with Crippen LogP contribution in [0, 0.1) is 0 Å². The van der Waals surface area contributed by atoms with Gasteiger partial charge in [0.25, 0.3) is 5.56 Å². The van der Waals surface area contributed by atoms with Crippen LogP contribution in [0.1, 0.15) is 5.56 Å². The molecule has 1 aliphatic rings. The lowest BCUT2D eigenvalue weighted by molar-refractivity contribution is 0.653. The Balaban J connectivity index is 1.93. The number of rotatable bonds is 0. The first-order chi connectivity index (χ1) is 10.8. The number of H-pyrrole nitrogens is 1. The molecule has 4 aromatic rings. The first-order valence-electron chi connectivity index (χ1n) is 7.27. The van der Waals surface area contributed by atoms with Crippen molar-refractivity contribution in [1.29, 1.82) is 0 Å². The zero-order valence-corrected chi connectivity index (χ0v) is 11.7. The van der Waals surface area contributed by atoms with E-state index in [0.29, 0.717) is 23.3 Å². The fraction of sp³-hybridized carbons (Fsp3) is 0.118. The Hall–Kier alpha value is -2.95. The lowest BCUT2D eigenvalue weighted by Crippen LogP contribution is -2.27. The van der Waals surface area contributed by atoms with E-state index in [0.717, 1.165) is 17.6 Å². The molecule has 0 aliphatic carbocycles. The molecule has 0 amide bonds. The van der Waals surface area contributed by atoms with Gasteiger partial charge in [-0.15, -0.1) is 0 Å². The molecule has 5 rings (SSSR count). The molecular weight excluding hydrogens is 276 g/mol. The third-order valence-corrected chi connectivity index (χ3v) is 4.38. The number of aromatic nitrogens is 4.